The Bertz CT molecular complexity index is 191. The van der Waals surface area contributed by atoms with Crippen LogP contribution < -0.4 is 5.73 Å². The van der Waals surface area contributed by atoms with Gasteiger partial charge in [-0.2, -0.15) is 0 Å². The number of ether oxygens (including phenoxy) is 1. The minimum atomic E-state index is -2.39. The fourth-order valence-corrected chi connectivity index (χ4v) is 1.03. The molecule has 0 rings (SSSR count). The summed E-state index contributed by atoms with van der Waals surface area (Å²) in [4.78, 5) is 1.51. The van der Waals surface area contributed by atoms with Crippen molar-refractivity contribution in [1.82, 2.24) is 4.90 Å². The average molecular weight is 225 g/mol. The van der Waals surface area contributed by atoms with Gasteiger partial charge < -0.3 is 15.7 Å². The van der Waals surface area contributed by atoms with Crippen LogP contribution in [0.5, 0.6) is 0 Å². The molecule has 0 aliphatic rings. The summed E-state index contributed by atoms with van der Waals surface area (Å²) in [5.41, 5.74) is 5.24. The van der Waals surface area contributed by atoms with Crippen molar-refractivity contribution >= 4 is 5.84 Å². The van der Waals surface area contributed by atoms with Crippen molar-refractivity contribution in [2.45, 2.75) is 12.8 Å². The molecule has 0 bridgehead atoms. The third kappa shape index (κ3) is 8.07. The van der Waals surface area contributed by atoms with Gasteiger partial charge in [-0.25, -0.2) is 8.78 Å². The van der Waals surface area contributed by atoms with Gasteiger partial charge in [0, 0.05) is 26.6 Å². The Labute approximate surface area is 87.5 Å². The molecule has 0 fully saturated rings. The van der Waals surface area contributed by atoms with Crippen molar-refractivity contribution in [3.63, 3.8) is 0 Å². The standard InChI is InChI=1S/C8H17F2N3O2/c1-15-5-4-13(6-7(9)10)3-2-8(11)12-14/h7,14H,2-6H2,1H3,(H2,11,12). The zero-order chi connectivity index (χ0) is 11.7. The van der Waals surface area contributed by atoms with E-state index in [1.807, 2.05) is 0 Å². The molecule has 0 unspecified atom stereocenters. The molecule has 7 heteroatoms. The molecule has 0 amide bonds. The molecule has 0 aromatic heterocycles. The first kappa shape index (κ1) is 14.1. The van der Waals surface area contributed by atoms with Gasteiger partial charge in [0.25, 0.3) is 6.43 Å². The lowest BCUT2D eigenvalue weighted by molar-refractivity contribution is 0.0721. The molecule has 3 N–H and O–H groups in total. The summed E-state index contributed by atoms with van der Waals surface area (Å²) >= 11 is 0. The molecule has 0 heterocycles. The van der Waals surface area contributed by atoms with E-state index in [1.165, 1.54) is 12.0 Å². The summed E-state index contributed by atoms with van der Waals surface area (Å²) < 4.78 is 29.0. The number of alkyl halides is 2. The lowest BCUT2D eigenvalue weighted by atomic mass is 10.3. The maximum atomic E-state index is 12.1. The Balaban J connectivity index is 3.89. The summed E-state index contributed by atoms with van der Waals surface area (Å²) in [7, 11) is 1.50. The first-order valence-corrected chi connectivity index (χ1v) is 4.56. The highest BCUT2D eigenvalue weighted by atomic mass is 19.3. The van der Waals surface area contributed by atoms with Gasteiger partial charge >= 0.3 is 0 Å². The maximum absolute atomic E-state index is 12.1. The van der Waals surface area contributed by atoms with Crippen molar-refractivity contribution in [3.05, 3.63) is 0 Å². The molecular formula is C8H17F2N3O2. The third-order valence-corrected chi connectivity index (χ3v) is 1.82. The first-order chi connectivity index (χ1) is 7.10. The molecule has 0 saturated heterocycles. The van der Waals surface area contributed by atoms with E-state index in [-0.39, 0.29) is 18.8 Å². The Kier molecular flexibility index (Phi) is 7.84. The molecule has 0 saturated carbocycles. The smallest absolute Gasteiger partial charge is 0.251 e. The van der Waals surface area contributed by atoms with Crippen LogP contribution in [-0.2, 0) is 4.74 Å². The summed E-state index contributed by atoms with van der Waals surface area (Å²) in [6, 6.07) is 0. The fraction of sp³-hybridized carbons (Fsp3) is 0.875. The second-order valence-electron chi connectivity index (χ2n) is 3.03. The number of nitrogens with zero attached hydrogens (tertiary/aromatic N) is 2. The zero-order valence-corrected chi connectivity index (χ0v) is 8.70. The second-order valence-corrected chi connectivity index (χ2v) is 3.03. The van der Waals surface area contributed by atoms with Gasteiger partial charge in [0.2, 0.25) is 0 Å². The fourth-order valence-electron chi connectivity index (χ4n) is 1.03. The van der Waals surface area contributed by atoms with E-state index in [4.69, 9.17) is 15.7 Å². The molecule has 0 radical (unpaired) electrons. The lowest BCUT2D eigenvalue weighted by Gasteiger charge is -2.20. The van der Waals surface area contributed by atoms with Crippen molar-refractivity contribution in [1.29, 1.82) is 0 Å². The number of hydrogen-bond acceptors (Lipinski definition) is 4. The Hall–Kier alpha value is -0.950. The predicted molar refractivity (Wildman–Crippen MR) is 52.3 cm³/mol. The molecule has 5 nitrogen and oxygen atoms in total. The van der Waals surface area contributed by atoms with E-state index in [0.29, 0.717) is 19.7 Å². The monoisotopic (exact) mass is 225 g/mol. The largest absolute Gasteiger partial charge is 0.409 e. The van der Waals surface area contributed by atoms with E-state index >= 15 is 0 Å². The van der Waals surface area contributed by atoms with Gasteiger partial charge in [-0.1, -0.05) is 5.16 Å². The normalized spacial score (nSPS) is 12.7. The van der Waals surface area contributed by atoms with Gasteiger partial charge in [0.1, 0.15) is 5.84 Å². The lowest BCUT2D eigenvalue weighted by Crippen LogP contribution is -2.34. The van der Waals surface area contributed by atoms with E-state index in [0.717, 1.165) is 0 Å². The van der Waals surface area contributed by atoms with Gasteiger partial charge in [0.05, 0.1) is 13.2 Å². The number of nitrogens with two attached hydrogens (primary N) is 1. The molecule has 15 heavy (non-hydrogen) atoms. The van der Waals surface area contributed by atoms with Crippen molar-refractivity contribution in [2.24, 2.45) is 10.9 Å². The van der Waals surface area contributed by atoms with Crippen molar-refractivity contribution < 1.29 is 18.7 Å². The van der Waals surface area contributed by atoms with E-state index in [1.54, 1.807) is 0 Å². The number of hydrogen-bond donors (Lipinski definition) is 2. The quantitative estimate of drug-likeness (QED) is 0.270. The minimum absolute atomic E-state index is 0.0340. The van der Waals surface area contributed by atoms with Gasteiger partial charge in [-0.05, 0) is 0 Å². The van der Waals surface area contributed by atoms with Crippen LogP contribution in [0.3, 0.4) is 0 Å². The van der Waals surface area contributed by atoms with Gasteiger partial charge in [-0.3, -0.25) is 4.90 Å². The Morgan fingerprint density at radius 3 is 2.67 bits per heavy atom. The molecule has 0 aliphatic carbocycles. The third-order valence-electron chi connectivity index (χ3n) is 1.82. The molecule has 0 atom stereocenters. The predicted octanol–water partition coefficient (Wildman–Crippen LogP) is 0.336. The van der Waals surface area contributed by atoms with Crippen molar-refractivity contribution in [2.75, 3.05) is 33.4 Å². The van der Waals surface area contributed by atoms with Crippen LogP contribution in [0.1, 0.15) is 6.42 Å². The van der Waals surface area contributed by atoms with Crippen LogP contribution in [0.15, 0.2) is 5.16 Å². The maximum Gasteiger partial charge on any atom is 0.251 e. The molecule has 0 aliphatic heterocycles. The second kappa shape index (κ2) is 8.37. The van der Waals surface area contributed by atoms with Crippen LogP contribution in [0, 0.1) is 0 Å². The number of methoxy groups -OCH3 is 1. The highest BCUT2D eigenvalue weighted by Gasteiger charge is 2.12. The SMILES string of the molecule is COCCN(CCC(N)=NO)CC(F)F. The minimum Gasteiger partial charge on any atom is -0.409 e. The van der Waals surface area contributed by atoms with E-state index in [9.17, 15) is 8.78 Å². The molecular weight excluding hydrogens is 208 g/mol. The number of halogens is 2. The topological polar surface area (TPSA) is 71.1 Å². The van der Waals surface area contributed by atoms with Crippen LogP contribution in [0.4, 0.5) is 8.78 Å². The van der Waals surface area contributed by atoms with Crippen LogP contribution >= 0.6 is 0 Å². The van der Waals surface area contributed by atoms with Crippen LogP contribution in [0.25, 0.3) is 0 Å². The summed E-state index contributed by atoms with van der Waals surface area (Å²) in [5.74, 6) is 0.0340. The number of rotatable bonds is 8. The van der Waals surface area contributed by atoms with Gasteiger partial charge in [-0.15, -0.1) is 0 Å². The highest BCUT2D eigenvalue weighted by Crippen LogP contribution is 1.99. The van der Waals surface area contributed by atoms with E-state index < -0.39 is 6.43 Å². The van der Waals surface area contributed by atoms with Gasteiger partial charge in [0.15, 0.2) is 0 Å². The summed E-state index contributed by atoms with van der Waals surface area (Å²) in [5, 5.41) is 11.0. The van der Waals surface area contributed by atoms with Crippen LogP contribution in [-0.4, -0.2) is 55.7 Å². The number of oxime groups is 1. The first-order valence-electron chi connectivity index (χ1n) is 4.56. The average Bonchev–Trinajstić information content (AvgIpc) is 2.20. The zero-order valence-electron chi connectivity index (χ0n) is 8.70. The number of amidine groups is 1. The Morgan fingerprint density at radius 2 is 2.20 bits per heavy atom. The highest BCUT2D eigenvalue weighted by molar-refractivity contribution is 5.79. The summed E-state index contributed by atoms with van der Waals surface area (Å²) in [6.07, 6.45) is -2.14. The molecule has 0 spiro atoms. The van der Waals surface area contributed by atoms with Crippen LogP contribution in [0.2, 0.25) is 0 Å². The van der Waals surface area contributed by atoms with E-state index in [2.05, 4.69) is 5.16 Å². The molecule has 0 aromatic carbocycles. The molecule has 0 aromatic rings. The Morgan fingerprint density at radius 1 is 1.53 bits per heavy atom. The van der Waals surface area contributed by atoms with Crippen molar-refractivity contribution in [3.8, 4) is 0 Å². The molecule has 90 valence electrons. The summed E-state index contributed by atoms with van der Waals surface area (Å²) in [6.45, 7) is 0.772.